The molecular weight excluding hydrogens is 237 g/mol. The minimum absolute atomic E-state index is 0.476. The predicted octanol–water partition coefficient (Wildman–Crippen LogP) is 1.38. The van der Waals surface area contributed by atoms with Crippen molar-refractivity contribution in [1.82, 2.24) is 10.8 Å². The van der Waals surface area contributed by atoms with E-state index in [4.69, 9.17) is 0 Å². The second kappa shape index (κ2) is 5.68. The molecule has 0 aliphatic carbocycles. The van der Waals surface area contributed by atoms with E-state index in [1.807, 2.05) is 12.4 Å². The van der Waals surface area contributed by atoms with Gasteiger partial charge in [-0.25, -0.2) is 5.48 Å². The highest BCUT2D eigenvalue weighted by Crippen LogP contribution is 2.30. The molecule has 4 nitrogen and oxygen atoms in total. The second-order valence-electron chi connectivity index (χ2n) is 4.25. The Hall–Kier alpha value is -0.820. The van der Waals surface area contributed by atoms with Gasteiger partial charge in [-0.2, -0.15) is 13.2 Å². The predicted molar refractivity (Wildman–Crippen MR) is 55.0 cm³/mol. The van der Waals surface area contributed by atoms with Crippen LogP contribution in [0.15, 0.2) is 0 Å². The molecule has 0 aromatic rings. The molecule has 1 atom stereocenters. The number of hydrogen-bond donors (Lipinski definition) is 2. The van der Waals surface area contributed by atoms with E-state index in [9.17, 15) is 18.0 Å². The molecule has 0 spiro atoms. The van der Waals surface area contributed by atoms with Gasteiger partial charge in [0.05, 0.1) is 5.41 Å². The highest BCUT2D eigenvalue weighted by Gasteiger charge is 2.38. The van der Waals surface area contributed by atoms with Crippen LogP contribution in [0.3, 0.4) is 0 Å². The van der Waals surface area contributed by atoms with E-state index >= 15 is 0 Å². The smallest absolute Gasteiger partial charge is 0.316 e. The summed E-state index contributed by atoms with van der Waals surface area (Å²) in [5, 5.41) is 3.08. The van der Waals surface area contributed by atoms with Gasteiger partial charge in [0.15, 0.2) is 6.61 Å². The Morgan fingerprint density at radius 3 is 2.71 bits per heavy atom. The van der Waals surface area contributed by atoms with Crippen LogP contribution in [0.1, 0.15) is 26.2 Å². The van der Waals surface area contributed by atoms with Crippen LogP contribution >= 0.6 is 0 Å². The van der Waals surface area contributed by atoms with Crippen molar-refractivity contribution < 1.29 is 22.8 Å². The summed E-state index contributed by atoms with van der Waals surface area (Å²) in [5.41, 5.74) is 1.25. The number of piperidine rings is 1. The van der Waals surface area contributed by atoms with Gasteiger partial charge < -0.3 is 5.32 Å². The summed E-state index contributed by atoms with van der Waals surface area (Å²) in [6, 6.07) is 0. The summed E-state index contributed by atoms with van der Waals surface area (Å²) in [7, 11) is 0. The van der Waals surface area contributed by atoms with Gasteiger partial charge in [-0.05, 0) is 25.8 Å². The van der Waals surface area contributed by atoms with Gasteiger partial charge in [-0.1, -0.05) is 6.92 Å². The van der Waals surface area contributed by atoms with Crippen LogP contribution in [0.2, 0.25) is 0 Å². The molecule has 1 aliphatic heterocycles. The van der Waals surface area contributed by atoms with E-state index in [1.54, 1.807) is 0 Å². The lowest BCUT2D eigenvalue weighted by atomic mass is 9.78. The van der Waals surface area contributed by atoms with E-state index < -0.39 is 24.1 Å². The Labute approximate surface area is 97.8 Å². The maximum Gasteiger partial charge on any atom is 0.414 e. The molecule has 1 amide bonds. The lowest BCUT2D eigenvalue weighted by molar-refractivity contribution is -0.195. The number of alkyl halides is 3. The maximum atomic E-state index is 11.8. The largest absolute Gasteiger partial charge is 0.414 e. The van der Waals surface area contributed by atoms with Crippen molar-refractivity contribution in [2.45, 2.75) is 32.4 Å². The molecule has 1 heterocycles. The highest BCUT2D eigenvalue weighted by atomic mass is 19.4. The molecule has 1 unspecified atom stereocenters. The summed E-state index contributed by atoms with van der Waals surface area (Å²) in [4.78, 5) is 16.0. The first-order valence-corrected chi connectivity index (χ1v) is 5.59. The number of hydrogen-bond acceptors (Lipinski definition) is 3. The zero-order chi connectivity index (χ0) is 12.9. The molecule has 1 saturated heterocycles. The summed E-state index contributed by atoms with van der Waals surface area (Å²) >= 11 is 0. The number of amides is 1. The van der Waals surface area contributed by atoms with Crippen molar-refractivity contribution in [3.8, 4) is 0 Å². The van der Waals surface area contributed by atoms with Gasteiger partial charge in [-0.3, -0.25) is 9.63 Å². The lowest BCUT2D eigenvalue weighted by Gasteiger charge is -2.35. The molecule has 0 bridgehead atoms. The Bertz CT molecular complexity index is 263. The van der Waals surface area contributed by atoms with Gasteiger partial charge in [0.2, 0.25) is 0 Å². The molecule has 100 valence electrons. The quantitative estimate of drug-likeness (QED) is 0.745. The van der Waals surface area contributed by atoms with Crippen molar-refractivity contribution in [1.29, 1.82) is 0 Å². The van der Waals surface area contributed by atoms with Gasteiger partial charge in [-0.15, -0.1) is 0 Å². The maximum absolute atomic E-state index is 11.8. The number of halogens is 3. The molecule has 0 saturated carbocycles. The summed E-state index contributed by atoms with van der Waals surface area (Å²) < 4.78 is 35.5. The van der Waals surface area contributed by atoms with Crippen molar-refractivity contribution in [3.63, 3.8) is 0 Å². The fourth-order valence-electron chi connectivity index (χ4n) is 1.92. The molecule has 1 aliphatic rings. The van der Waals surface area contributed by atoms with Gasteiger partial charge in [0, 0.05) is 6.54 Å². The summed E-state index contributed by atoms with van der Waals surface area (Å²) in [6.45, 7) is 1.69. The van der Waals surface area contributed by atoms with Crippen LogP contribution in [0.5, 0.6) is 0 Å². The third kappa shape index (κ3) is 4.16. The van der Waals surface area contributed by atoms with Crippen LogP contribution in [-0.2, 0) is 9.63 Å². The van der Waals surface area contributed by atoms with Crippen LogP contribution < -0.4 is 10.8 Å². The fourth-order valence-corrected chi connectivity index (χ4v) is 1.92. The van der Waals surface area contributed by atoms with Gasteiger partial charge in [0.1, 0.15) is 0 Å². The van der Waals surface area contributed by atoms with Crippen molar-refractivity contribution in [2.75, 3.05) is 19.7 Å². The standard InChI is InChI=1S/C10H17F3N2O2/c1-2-9(4-3-5-14-6-9)8(16)15-17-7-10(11,12)13/h14H,2-7H2,1H3,(H,15,16). The van der Waals surface area contributed by atoms with E-state index in [0.29, 0.717) is 19.4 Å². The second-order valence-corrected chi connectivity index (χ2v) is 4.25. The number of carbonyl (C=O) groups is 1. The number of hydroxylamine groups is 1. The lowest BCUT2D eigenvalue weighted by Crippen LogP contribution is -2.50. The van der Waals surface area contributed by atoms with E-state index in [2.05, 4.69) is 10.2 Å². The number of rotatable bonds is 4. The third-order valence-corrected chi connectivity index (χ3v) is 3.03. The first-order chi connectivity index (χ1) is 7.90. The van der Waals surface area contributed by atoms with Crippen LogP contribution in [0.4, 0.5) is 13.2 Å². The topological polar surface area (TPSA) is 50.4 Å². The zero-order valence-corrected chi connectivity index (χ0v) is 9.69. The zero-order valence-electron chi connectivity index (χ0n) is 9.69. The van der Waals surface area contributed by atoms with E-state index in [1.165, 1.54) is 0 Å². The van der Waals surface area contributed by atoms with E-state index in [-0.39, 0.29) is 0 Å². The minimum Gasteiger partial charge on any atom is -0.316 e. The molecular formula is C10H17F3N2O2. The molecule has 1 fully saturated rings. The van der Waals surface area contributed by atoms with Crippen LogP contribution in [0.25, 0.3) is 0 Å². The minimum atomic E-state index is -4.43. The Morgan fingerprint density at radius 1 is 1.53 bits per heavy atom. The molecule has 7 heteroatoms. The average molecular weight is 254 g/mol. The Balaban J connectivity index is 2.44. The number of nitrogens with one attached hydrogen (secondary N) is 2. The molecule has 0 radical (unpaired) electrons. The van der Waals surface area contributed by atoms with Gasteiger partial charge in [0.25, 0.3) is 5.91 Å². The summed E-state index contributed by atoms with van der Waals surface area (Å²) in [5.74, 6) is -0.476. The Morgan fingerprint density at radius 2 is 2.24 bits per heavy atom. The monoisotopic (exact) mass is 254 g/mol. The fraction of sp³-hybridized carbons (Fsp3) is 0.900. The Kier molecular flexibility index (Phi) is 4.76. The molecule has 0 aromatic carbocycles. The molecule has 17 heavy (non-hydrogen) atoms. The van der Waals surface area contributed by atoms with Crippen molar-refractivity contribution in [2.24, 2.45) is 5.41 Å². The summed E-state index contributed by atoms with van der Waals surface area (Å²) in [6.07, 6.45) is -2.36. The first kappa shape index (κ1) is 14.2. The third-order valence-electron chi connectivity index (χ3n) is 3.03. The van der Waals surface area contributed by atoms with E-state index in [0.717, 1.165) is 13.0 Å². The van der Waals surface area contributed by atoms with Crippen molar-refractivity contribution >= 4 is 5.91 Å². The normalized spacial score (nSPS) is 25.6. The van der Waals surface area contributed by atoms with Crippen LogP contribution in [0, 0.1) is 5.41 Å². The van der Waals surface area contributed by atoms with Crippen molar-refractivity contribution in [3.05, 3.63) is 0 Å². The highest BCUT2D eigenvalue weighted by molar-refractivity contribution is 5.82. The van der Waals surface area contributed by atoms with Crippen LogP contribution in [-0.4, -0.2) is 31.8 Å². The van der Waals surface area contributed by atoms with Gasteiger partial charge >= 0.3 is 6.18 Å². The first-order valence-electron chi connectivity index (χ1n) is 5.59. The molecule has 1 rings (SSSR count). The molecule has 0 aromatic heterocycles. The SMILES string of the molecule is CCC1(C(=O)NOCC(F)(F)F)CCCNC1. The average Bonchev–Trinajstić information content (AvgIpc) is 2.28. The number of carbonyl (C=O) groups excluding carboxylic acids is 1. The molecule has 2 N–H and O–H groups in total.